The van der Waals surface area contributed by atoms with Crippen LogP contribution in [0.4, 0.5) is 4.79 Å². The second-order valence-corrected chi connectivity index (χ2v) is 3.84. The SMILES string of the molecule is CNC(=O)NCCC(=O)OC(C)(C)C. The molecule has 82 valence electrons. The summed E-state index contributed by atoms with van der Waals surface area (Å²) in [6.07, 6.45) is 0.185. The summed E-state index contributed by atoms with van der Waals surface area (Å²) in [4.78, 5) is 21.8. The molecule has 0 rings (SSSR count). The van der Waals surface area contributed by atoms with Crippen LogP contribution < -0.4 is 10.6 Å². The van der Waals surface area contributed by atoms with Gasteiger partial charge in [0, 0.05) is 13.6 Å². The monoisotopic (exact) mass is 202 g/mol. The van der Waals surface area contributed by atoms with Crippen molar-refractivity contribution >= 4 is 12.0 Å². The Labute approximate surface area is 84.2 Å². The van der Waals surface area contributed by atoms with Gasteiger partial charge in [-0.1, -0.05) is 0 Å². The average molecular weight is 202 g/mol. The summed E-state index contributed by atoms with van der Waals surface area (Å²) in [7, 11) is 1.52. The van der Waals surface area contributed by atoms with Crippen molar-refractivity contribution in [1.29, 1.82) is 0 Å². The highest BCUT2D eigenvalue weighted by atomic mass is 16.6. The van der Waals surface area contributed by atoms with Crippen molar-refractivity contribution in [3.8, 4) is 0 Å². The van der Waals surface area contributed by atoms with Crippen LogP contribution in [0, 0.1) is 0 Å². The zero-order valence-corrected chi connectivity index (χ0v) is 9.14. The Kier molecular flexibility index (Phi) is 4.97. The first kappa shape index (κ1) is 12.7. The molecule has 5 heteroatoms. The van der Waals surface area contributed by atoms with E-state index in [9.17, 15) is 9.59 Å². The fourth-order valence-electron chi connectivity index (χ4n) is 0.759. The van der Waals surface area contributed by atoms with Crippen molar-refractivity contribution < 1.29 is 14.3 Å². The van der Waals surface area contributed by atoms with E-state index >= 15 is 0 Å². The zero-order valence-electron chi connectivity index (χ0n) is 9.14. The number of hydrogen-bond acceptors (Lipinski definition) is 3. The second-order valence-electron chi connectivity index (χ2n) is 3.84. The molecule has 0 saturated carbocycles. The minimum Gasteiger partial charge on any atom is -0.460 e. The third-order valence-electron chi connectivity index (χ3n) is 1.26. The van der Waals surface area contributed by atoms with E-state index in [0.29, 0.717) is 0 Å². The summed E-state index contributed by atoms with van der Waals surface area (Å²) in [5.74, 6) is -0.311. The third-order valence-corrected chi connectivity index (χ3v) is 1.26. The van der Waals surface area contributed by atoms with Crippen LogP contribution in [0.15, 0.2) is 0 Å². The molecule has 2 amide bonds. The van der Waals surface area contributed by atoms with Crippen molar-refractivity contribution in [2.75, 3.05) is 13.6 Å². The predicted octanol–water partition coefficient (Wildman–Crippen LogP) is 0.647. The first-order valence-electron chi connectivity index (χ1n) is 4.52. The molecule has 0 saturated heterocycles. The van der Waals surface area contributed by atoms with Crippen molar-refractivity contribution in [3.05, 3.63) is 0 Å². The number of amides is 2. The molecule has 0 unspecified atom stereocenters. The van der Waals surface area contributed by atoms with Gasteiger partial charge in [-0.15, -0.1) is 0 Å². The standard InChI is InChI=1S/C9H18N2O3/c1-9(2,3)14-7(12)5-6-11-8(13)10-4/h5-6H2,1-4H3,(H2,10,11,13). The summed E-state index contributed by atoms with van der Waals surface area (Å²) >= 11 is 0. The maximum Gasteiger partial charge on any atom is 0.314 e. The molecule has 0 aromatic heterocycles. The Morgan fingerprint density at radius 3 is 2.29 bits per heavy atom. The topological polar surface area (TPSA) is 67.4 Å². The minimum absolute atomic E-state index is 0.185. The first-order valence-corrected chi connectivity index (χ1v) is 4.52. The molecule has 0 aromatic rings. The van der Waals surface area contributed by atoms with Gasteiger partial charge in [0.25, 0.3) is 0 Å². The zero-order chi connectivity index (χ0) is 11.2. The lowest BCUT2D eigenvalue weighted by molar-refractivity contribution is -0.154. The fraction of sp³-hybridized carbons (Fsp3) is 0.778. The number of esters is 1. The molecule has 14 heavy (non-hydrogen) atoms. The molecule has 0 aliphatic rings. The molecule has 2 N–H and O–H groups in total. The molecular formula is C9H18N2O3. The summed E-state index contributed by atoms with van der Waals surface area (Å²) in [6.45, 7) is 5.69. The Morgan fingerprint density at radius 1 is 1.29 bits per heavy atom. The lowest BCUT2D eigenvalue weighted by Gasteiger charge is -2.19. The second kappa shape index (κ2) is 5.47. The molecule has 0 fully saturated rings. The van der Waals surface area contributed by atoms with E-state index in [2.05, 4.69) is 10.6 Å². The molecule has 0 aliphatic carbocycles. The molecule has 0 aromatic carbocycles. The highest BCUT2D eigenvalue weighted by molar-refractivity contribution is 5.75. The summed E-state index contributed by atoms with van der Waals surface area (Å²) in [6, 6.07) is -0.298. The normalized spacial score (nSPS) is 10.6. The van der Waals surface area contributed by atoms with Gasteiger partial charge in [-0.2, -0.15) is 0 Å². The van der Waals surface area contributed by atoms with Crippen molar-refractivity contribution in [2.45, 2.75) is 32.8 Å². The Bertz CT molecular complexity index is 209. The summed E-state index contributed by atoms with van der Waals surface area (Å²) in [5, 5.41) is 4.88. The van der Waals surface area contributed by atoms with Crippen LogP contribution in [0.25, 0.3) is 0 Å². The molecule has 5 nitrogen and oxygen atoms in total. The van der Waals surface area contributed by atoms with E-state index in [1.54, 1.807) is 20.8 Å². The Balaban J connectivity index is 3.60. The lowest BCUT2D eigenvalue weighted by Crippen LogP contribution is -2.35. The van der Waals surface area contributed by atoms with Crippen LogP contribution >= 0.6 is 0 Å². The largest absolute Gasteiger partial charge is 0.460 e. The molecule has 0 aliphatic heterocycles. The van der Waals surface area contributed by atoms with Crippen LogP contribution in [0.1, 0.15) is 27.2 Å². The first-order chi connectivity index (χ1) is 6.35. The molecule has 0 atom stereocenters. The quantitative estimate of drug-likeness (QED) is 0.660. The van der Waals surface area contributed by atoms with Crippen LogP contribution in [0.2, 0.25) is 0 Å². The maximum absolute atomic E-state index is 11.1. The van der Waals surface area contributed by atoms with Crippen LogP contribution in [-0.2, 0) is 9.53 Å². The van der Waals surface area contributed by atoms with E-state index in [4.69, 9.17) is 4.74 Å². The van der Waals surface area contributed by atoms with Crippen LogP contribution in [-0.4, -0.2) is 31.2 Å². The number of ether oxygens (including phenoxy) is 1. The average Bonchev–Trinajstić information content (AvgIpc) is 2.00. The van der Waals surface area contributed by atoms with Gasteiger partial charge in [-0.05, 0) is 20.8 Å². The van der Waals surface area contributed by atoms with Crippen molar-refractivity contribution in [2.24, 2.45) is 0 Å². The number of rotatable bonds is 3. The van der Waals surface area contributed by atoms with Crippen molar-refractivity contribution in [1.82, 2.24) is 10.6 Å². The van der Waals surface area contributed by atoms with Crippen LogP contribution in [0.5, 0.6) is 0 Å². The van der Waals surface area contributed by atoms with E-state index in [1.165, 1.54) is 7.05 Å². The number of carbonyl (C=O) groups is 2. The van der Waals surface area contributed by atoms with Gasteiger partial charge in [0.1, 0.15) is 5.60 Å². The Morgan fingerprint density at radius 2 is 1.86 bits per heavy atom. The summed E-state index contributed by atoms with van der Waals surface area (Å²) in [5.41, 5.74) is -0.468. The van der Waals surface area contributed by atoms with E-state index in [1.807, 2.05) is 0 Å². The van der Waals surface area contributed by atoms with E-state index in [-0.39, 0.29) is 25.0 Å². The fourth-order valence-corrected chi connectivity index (χ4v) is 0.759. The lowest BCUT2D eigenvalue weighted by atomic mass is 10.2. The molecule has 0 radical (unpaired) electrons. The van der Waals surface area contributed by atoms with E-state index < -0.39 is 5.60 Å². The van der Waals surface area contributed by atoms with Gasteiger partial charge in [0.15, 0.2) is 0 Å². The molecule has 0 spiro atoms. The van der Waals surface area contributed by atoms with Crippen LogP contribution in [0.3, 0.4) is 0 Å². The van der Waals surface area contributed by atoms with Gasteiger partial charge in [0.05, 0.1) is 6.42 Å². The number of nitrogens with one attached hydrogen (secondary N) is 2. The third kappa shape index (κ3) is 7.39. The van der Waals surface area contributed by atoms with E-state index in [0.717, 1.165) is 0 Å². The highest BCUT2D eigenvalue weighted by Crippen LogP contribution is 2.07. The number of carbonyl (C=O) groups excluding carboxylic acids is 2. The smallest absolute Gasteiger partial charge is 0.314 e. The highest BCUT2D eigenvalue weighted by Gasteiger charge is 2.15. The molecule has 0 heterocycles. The van der Waals surface area contributed by atoms with Gasteiger partial charge in [-0.25, -0.2) is 4.79 Å². The molecule has 0 bridgehead atoms. The van der Waals surface area contributed by atoms with Gasteiger partial charge in [-0.3, -0.25) is 4.79 Å². The minimum atomic E-state index is -0.468. The number of urea groups is 1. The van der Waals surface area contributed by atoms with Gasteiger partial charge >= 0.3 is 12.0 Å². The summed E-state index contributed by atoms with van der Waals surface area (Å²) < 4.78 is 5.04. The van der Waals surface area contributed by atoms with Crippen molar-refractivity contribution in [3.63, 3.8) is 0 Å². The van der Waals surface area contributed by atoms with Gasteiger partial charge < -0.3 is 15.4 Å². The maximum atomic E-state index is 11.1. The predicted molar refractivity (Wildman–Crippen MR) is 52.9 cm³/mol. The number of hydrogen-bond donors (Lipinski definition) is 2. The Hall–Kier alpha value is -1.26. The van der Waals surface area contributed by atoms with Gasteiger partial charge in [0.2, 0.25) is 0 Å². The molecular weight excluding hydrogens is 184 g/mol.